The molecule has 0 unspecified atom stereocenters. The van der Waals surface area contributed by atoms with Crippen LogP contribution in [-0.2, 0) is 0 Å². The molecule has 0 aliphatic rings. The van der Waals surface area contributed by atoms with Crippen molar-refractivity contribution in [1.82, 2.24) is 9.13 Å². The van der Waals surface area contributed by atoms with Gasteiger partial charge in [0.15, 0.2) is 8.07 Å². The van der Waals surface area contributed by atoms with Gasteiger partial charge in [-0.2, -0.15) is 0 Å². The van der Waals surface area contributed by atoms with Gasteiger partial charge >= 0.3 is 0 Å². The van der Waals surface area contributed by atoms with Gasteiger partial charge in [-0.15, -0.1) is 0 Å². The number of hydrogen-bond donors (Lipinski definition) is 0. The standard InChI is InChI=1S/C66H44N2OSi/c1-4-20-49(21-5-1)70(50-22-6-2-7-23-50,51-24-8-3-9-25-51)52-26-18-19-47(43-52)67-61-32-15-12-29-55(61)58-41-45(35-38-63(58)67)53-27-10-11-28-54(53)46-36-39-64-59(42-46)56-30-13-16-33-62(56)68(64)48-37-40-66-60(44-48)57-31-14-17-34-65(57)69-66/h1-44H/i1D,2D,3D,4D,5D,6D,7D,8D,9D,10D,11D,12D,13D,15D,16D,18D,19D,20D,21D,22D,23D,24D,25D,26D,27D,28D,29D,30D,32D,33D,35D,36D,38D,39D,41D,42D,43D. The Morgan fingerprint density at radius 2 is 0.800 bits per heavy atom. The summed E-state index contributed by atoms with van der Waals surface area (Å²) in [7, 11) is -6.65. The minimum Gasteiger partial charge on any atom is -0.456 e. The third kappa shape index (κ3) is 6.13. The van der Waals surface area contributed by atoms with E-state index in [-0.39, 0.29) is 16.7 Å². The molecule has 0 N–H and O–H groups in total. The number of benzene rings is 11. The molecule has 3 nitrogen and oxygen atoms in total. The maximum Gasteiger partial charge on any atom is 0.179 e. The predicted molar refractivity (Wildman–Crippen MR) is 297 cm³/mol. The molecule has 0 radical (unpaired) electrons. The van der Waals surface area contributed by atoms with Crippen LogP contribution in [0.15, 0.2) is 270 Å². The highest BCUT2D eigenvalue weighted by Gasteiger charge is 2.41. The number of furan rings is 1. The van der Waals surface area contributed by atoms with Crippen molar-refractivity contribution in [3.8, 4) is 33.6 Å². The average molecular weight is 946 g/mol. The minimum absolute atomic E-state index is 0.127. The van der Waals surface area contributed by atoms with Crippen LogP contribution in [0.2, 0.25) is 0 Å². The Bertz CT molecular complexity index is 6300. The van der Waals surface area contributed by atoms with Gasteiger partial charge in [-0.1, -0.05) is 193 Å². The van der Waals surface area contributed by atoms with Crippen LogP contribution < -0.4 is 20.7 Å². The zero-order valence-corrected chi connectivity index (χ0v) is 36.3. The van der Waals surface area contributed by atoms with Gasteiger partial charge in [0.2, 0.25) is 0 Å². The molecule has 0 amide bonds. The fourth-order valence-electron chi connectivity index (χ4n) is 9.00. The highest BCUT2D eigenvalue weighted by Crippen LogP contribution is 2.41. The molecule has 328 valence electrons. The molecular formula is C66H44N2OSi. The van der Waals surface area contributed by atoms with Crippen LogP contribution in [0.5, 0.6) is 0 Å². The Morgan fingerprint density at radius 1 is 0.329 bits per heavy atom. The lowest BCUT2D eigenvalue weighted by Crippen LogP contribution is -2.74. The number of hydrogen-bond acceptors (Lipinski definition) is 1. The predicted octanol–water partition coefficient (Wildman–Crippen LogP) is 14.5. The van der Waals surface area contributed by atoms with Gasteiger partial charge in [-0.25, -0.2) is 0 Å². The van der Waals surface area contributed by atoms with Crippen molar-refractivity contribution >= 4 is 94.4 Å². The Hall–Kier alpha value is -8.96. The summed E-state index contributed by atoms with van der Waals surface area (Å²) in [6, 6.07) is -32.4. The van der Waals surface area contributed by atoms with E-state index in [2.05, 4.69) is 0 Å². The molecule has 0 aliphatic heterocycles. The fraction of sp³-hybridized carbons (Fsp3) is 0. The van der Waals surface area contributed by atoms with Crippen LogP contribution in [0.1, 0.15) is 50.7 Å². The highest BCUT2D eigenvalue weighted by molar-refractivity contribution is 7.19. The maximum absolute atomic E-state index is 10.6. The van der Waals surface area contributed by atoms with E-state index in [9.17, 15) is 30.2 Å². The van der Waals surface area contributed by atoms with Crippen LogP contribution in [0.4, 0.5) is 0 Å². The van der Waals surface area contributed by atoms with Gasteiger partial charge in [0.1, 0.15) is 11.2 Å². The molecule has 0 atom stereocenters. The molecule has 0 aliphatic carbocycles. The summed E-state index contributed by atoms with van der Waals surface area (Å²) in [4.78, 5) is 0. The zero-order valence-electron chi connectivity index (χ0n) is 72.3. The summed E-state index contributed by atoms with van der Waals surface area (Å²) in [6.07, 6.45) is 0. The monoisotopic (exact) mass is 946 g/mol. The summed E-state index contributed by atoms with van der Waals surface area (Å²) in [5.41, 5.74) is -6.85. The van der Waals surface area contributed by atoms with Crippen molar-refractivity contribution in [2.75, 3.05) is 0 Å². The second kappa shape index (κ2) is 16.1. The Morgan fingerprint density at radius 3 is 1.39 bits per heavy atom. The topological polar surface area (TPSA) is 23.0 Å². The van der Waals surface area contributed by atoms with E-state index in [0.717, 1.165) is 0 Å². The first-order chi connectivity index (χ1) is 50.1. The van der Waals surface area contributed by atoms with Crippen LogP contribution in [0.25, 0.3) is 99.2 Å². The Kier molecular flexibility index (Phi) is 4.10. The lowest BCUT2D eigenvalue weighted by molar-refractivity contribution is 0.669. The van der Waals surface area contributed by atoms with Crippen molar-refractivity contribution in [1.29, 1.82) is 0 Å². The molecule has 70 heavy (non-hydrogen) atoms. The smallest absolute Gasteiger partial charge is 0.179 e. The van der Waals surface area contributed by atoms with Crippen molar-refractivity contribution in [3.05, 3.63) is 266 Å². The molecule has 0 bridgehead atoms. The van der Waals surface area contributed by atoms with E-state index < -0.39 is 313 Å². The maximum atomic E-state index is 10.6. The molecule has 14 rings (SSSR count). The largest absolute Gasteiger partial charge is 0.456 e. The number of para-hydroxylation sites is 3. The number of fused-ring (bicyclic) bond motifs is 9. The molecular weight excluding hydrogens is 865 g/mol. The van der Waals surface area contributed by atoms with Crippen LogP contribution in [0.3, 0.4) is 0 Å². The van der Waals surface area contributed by atoms with Crippen LogP contribution in [-0.4, -0.2) is 17.2 Å². The van der Waals surface area contributed by atoms with Crippen molar-refractivity contribution in [3.63, 3.8) is 0 Å². The third-order valence-electron chi connectivity index (χ3n) is 12.0. The summed E-state index contributed by atoms with van der Waals surface area (Å²) in [6.45, 7) is 0. The molecule has 14 aromatic rings. The summed E-state index contributed by atoms with van der Waals surface area (Å²) >= 11 is 0. The number of rotatable bonds is 8. The fourth-order valence-corrected chi connectivity index (χ4v) is 12.6. The average Bonchev–Trinajstić information content (AvgIpc) is 1.57. The summed E-state index contributed by atoms with van der Waals surface area (Å²) in [5.74, 6) is 0. The Labute approximate surface area is 458 Å². The van der Waals surface area contributed by atoms with Gasteiger partial charge in [0.05, 0.1) is 72.8 Å². The van der Waals surface area contributed by atoms with Crippen LogP contribution >= 0.6 is 0 Å². The SMILES string of the molecule is [2H]c1c([2H])c([2H])c([Si](c2c([2H])c([2H])c([2H])c([2H])c2[2H])(c2c([2H])c([2H])c([2H])c([2H])c2[2H])c2c([2H])c([2H])c([2H])c(-n3c4c([2H])c([2H])c([2H])c([2H])c4c4c([2H])c(-c5c([2H])c([2H])c([2H])c([2H])c5-c5c([2H])c([2H])c6c(c5[2H])c5c([2H])c([2H])c([2H])c([2H])c5n6-c5ccc6oc7ccccc7c6c5)c([2H])c([2H])c43)c2[2H])c([2H])c1[2H]. The van der Waals surface area contributed by atoms with Gasteiger partial charge in [0.25, 0.3) is 0 Å². The van der Waals surface area contributed by atoms with Crippen molar-refractivity contribution < 1.29 is 55.1 Å². The van der Waals surface area contributed by atoms with E-state index in [1.54, 1.807) is 36.4 Å². The summed E-state index contributed by atoms with van der Waals surface area (Å²) in [5, 5.41) is -6.71. The lowest BCUT2D eigenvalue weighted by Gasteiger charge is -2.34. The number of aromatic nitrogens is 2. The van der Waals surface area contributed by atoms with E-state index >= 15 is 0 Å². The molecule has 3 heterocycles. The second-order valence-electron chi connectivity index (χ2n) is 15.6. The van der Waals surface area contributed by atoms with Gasteiger partial charge in [-0.05, 0) is 116 Å². The molecule has 11 aromatic carbocycles. The molecule has 0 saturated heterocycles. The normalized spacial score (nSPS) is 19.4. The molecule has 0 spiro atoms. The first-order valence-corrected chi connectivity index (χ1v) is 23.1. The first-order valence-electron chi connectivity index (χ1n) is 39.6. The van der Waals surface area contributed by atoms with E-state index in [4.69, 9.17) is 25.0 Å². The van der Waals surface area contributed by atoms with Gasteiger partial charge in [0, 0.05) is 43.7 Å². The van der Waals surface area contributed by atoms with E-state index in [1.807, 2.05) is 0 Å². The lowest BCUT2D eigenvalue weighted by atomic mass is 9.93. The minimum atomic E-state index is -6.65. The molecule has 0 fully saturated rings. The zero-order chi connectivity index (χ0) is 78.4. The summed E-state index contributed by atoms with van der Waals surface area (Å²) < 4.78 is 358. The van der Waals surface area contributed by atoms with Crippen molar-refractivity contribution in [2.45, 2.75) is 0 Å². The second-order valence-corrected chi connectivity index (χ2v) is 19.1. The quantitative estimate of drug-likeness (QED) is 0.110. The van der Waals surface area contributed by atoms with Crippen LogP contribution in [0, 0.1) is 0 Å². The van der Waals surface area contributed by atoms with Crippen molar-refractivity contribution in [2.24, 2.45) is 0 Å². The molecule has 0 saturated carbocycles. The van der Waals surface area contributed by atoms with E-state index in [0.29, 0.717) is 26.5 Å². The first kappa shape index (κ1) is 17.8. The number of nitrogens with zero attached hydrogens (tertiary/aromatic N) is 2. The highest BCUT2D eigenvalue weighted by atomic mass is 28.3. The van der Waals surface area contributed by atoms with E-state index in [1.165, 1.54) is 10.6 Å². The van der Waals surface area contributed by atoms with Gasteiger partial charge in [-0.3, -0.25) is 0 Å². The van der Waals surface area contributed by atoms with Gasteiger partial charge < -0.3 is 13.6 Å². The molecule has 3 aromatic heterocycles. The molecule has 4 heteroatoms. The Balaban J connectivity index is 1.17. The third-order valence-corrected chi connectivity index (χ3v) is 16.0.